The Morgan fingerprint density at radius 2 is 1.83 bits per heavy atom. The molecule has 3 heterocycles. The molecule has 0 unspecified atom stereocenters. The summed E-state index contributed by atoms with van der Waals surface area (Å²) in [5, 5.41) is 5.64. The zero-order valence-electron chi connectivity index (χ0n) is 22.7. The third kappa shape index (κ3) is 5.64. The van der Waals surface area contributed by atoms with Gasteiger partial charge < -0.3 is 9.47 Å². The molecule has 1 aliphatic heterocycles. The topological polar surface area (TPSA) is 89.8 Å². The maximum atomic E-state index is 14.1. The summed E-state index contributed by atoms with van der Waals surface area (Å²) < 4.78 is 12.0. The molecule has 0 fully saturated rings. The Morgan fingerprint density at radius 1 is 1.05 bits per heavy atom. The molecule has 0 aliphatic carbocycles. The van der Waals surface area contributed by atoms with Crippen LogP contribution in [0.3, 0.4) is 0 Å². The number of aromatic nitrogens is 3. The molecular weight excluding hydrogens is 565 g/mol. The average Bonchev–Trinajstić information content (AvgIpc) is 3.37. The van der Waals surface area contributed by atoms with Crippen molar-refractivity contribution in [3.05, 3.63) is 99.4 Å². The third-order valence-corrected chi connectivity index (χ3v) is 7.25. The summed E-state index contributed by atoms with van der Waals surface area (Å²) in [5.41, 5.74) is 3.54. The van der Waals surface area contributed by atoms with Crippen molar-refractivity contribution in [2.75, 3.05) is 32.2 Å². The van der Waals surface area contributed by atoms with E-state index in [-0.39, 0.29) is 24.7 Å². The van der Waals surface area contributed by atoms with Gasteiger partial charge in [0.1, 0.15) is 11.6 Å². The first-order chi connectivity index (χ1) is 19.8. The molecular formula is C30H27Cl2N5O4. The summed E-state index contributed by atoms with van der Waals surface area (Å²) in [5.74, 6) is 0.844. The van der Waals surface area contributed by atoms with Crippen LogP contribution in [0.15, 0.2) is 66.9 Å². The first kappa shape index (κ1) is 28.2. The average molecular weight is 592 g/mol. The van der Waals surface area contributed by atoms with Gasteiger partial charge in [-0.3, -0.25) is 14.6 Å². The number of fused-ring (bicyclic) bond motifs is 1. The van der Waals surface area contributed by atoms with Gasteiger partial charge in [0.05, 0.1) is 43.7 Å². The Morgan fingerprint density at radius 3 is 2.46 bits per heavy atom. The first-order valence-electron chi connectivity index (χ1n) is 12.8. The molecule has 11 heteroatoms. The van der Waals surface area contributed by atoms with Crippen LogP contribution in [0.25, 0.3) is 17.3 Å². The molecule has 0 N–H and O–H groups in total. The molecule has 2 aromatic carbocycles. The lowest BCUT2D eigenvalue weighted by Crippen LogP contribution is -2.37. The molecule has 41 heavy (non-hydrogen) atoms. The molecule has 1 aliphatic rings. The largest absolute Gasteiger partial charge is 0.497 e. The highest BCUT2D eigenvalue weighted by Gasteiger charge is 2.36. The van der Waals surface area contributed by atoms with Crippen molar-refractivity contribution in [2.45, 2.75) is 13.5 Å². The number of hydrogen-bond donors (Lipinski definition) is 0. The van der Waals surface area contributed by atoms with E-state index in [1.807, 2.05) is 43.3 Å². The minimum Gasteiger partial charge on any atom is -0.497 e. The van der Waals surface area contributed by atoms with Gasteiger partial charge in [0.2, 0.25) is 0 Å². The normalized spacial score (nSPS) is 13.6. The van der Waals surface area contributed by atoms with E-state index in [1.54, 1.807) is 53.2 Å². The van der Waals surface area contributed by atoms with Crippen LogP contribution in [0.4, 0.5) is 10.6 Å². The van der Waals surface area contributed by atoms with Crippen LogP contribution in [-0.2, 0) is 11.3 Å². The smallest absolute Gasteiger partial charge is 0.410 e. The zero-order valence-corrected chi connectivity index (χ0v) is 24.2. The quantitative estimate of drug-likeness (QED) is 0.259. The Kier molecular flexibility index (Phi) is 8.28. The van der Waals surface area contributed by atoms with E-state index in [0.29, 0.717) is 45.1 Å². The molecule has 2 amide bonds. The van der Waals surface area contributed by atoms with E-state index in [1.165, 1.54) is 12.0 Å². The molecule has 0 saturated carbocycles. The number of ether oxygens (including phenoxy) is 2. The fraction of sp³-hybridized carbons (Fsp3) is 0.200. The van der Waals surface area contributed by atoms with E-state index < -0.39 is 6.09 Å². The van der Waals surface area contributed by atoms with Crippen LogP contribution < -0.4 is 9.64 Å². The predicted octanol–water partition coefficient (Wildman–Crippen LogP) is 6.37. The molecule has 0 bridgehead atoms. The number of benzene rings is 2. The predicted molar refractivity (Wildman–Crippen MR) is 159 cm³/mol. The molecule has 4 aromatic rings. The van der Waals surface area contributed by atoms with Crippen molar-refractivity contribution in [3.8, 4) is 11.4 Å². The number of anilines is 1. The van der Waals surface area contributed by atoms with Gasteiger partial charge in [-0.25, -0.2) is 14.5 Å². The summed E-state index contributed by atoms with van der Waals surface area (Å²) in [7, 11) is 2.93. The number of amides is 2. The third-order valence-electron chi connectivity index (χ3n) is 6.72. The number of halogens is 2. The number of carbonyl (C=O) groups excluding carboxylic acids is 2. The lowest BCUT2D eigenvalue weighted by molar-refractivity contribution is 0.0977. The molecule has 5 rings (SSSR count). The number of rotatable bonds is 6. The highest BCUT2D eigenvalue weighted by Crippen LogP contribution is 2.36. The number of carbonyl (C=O) groups is 2. The zero-order chi connectivity index (χ0) is 29.1. The van der Waals surface area contributed by atoms with Gasteiger partial charge in [-0.1, -0.05) is 41.4 Å². The second-order valence-electron chi connectivity index (χ2n) is 9.19. The minimum atomic E-state index is -0.524. The van der Waals surface area contributed by atoms with Gasteiger partial charge in [-0.2, -0.15) is 5.10 Å². The van der Waals surface area contributed by atoms with Gasteiger partial charge in [0.15, 0.2) is 5.69 Å². The van der Waals surface area contributed by atoms with Crippen LogP contribution in [0.2, 0.25) is 10.0 Å². The molecule has 2 aromatic heterocycles. The first-order valence-corrected chi connectivity index (χ1v) is 13.6. The summed E-state index contributed by atoms with van der Waals surface area (Å²) in [6.45, 7) is 2.54. The fourth-order valence-corrected chi connectivity index (χ4v) is 5.27. The van der Waals surface area contributed by atoms with Gasteiger partial charge in [0.25, 0.3) is 5.91 Å². The summed E-state index contributed by atoms with van der Waals surface area (Å²) in [6, 6.07) is 18.0. The van der Waals surface area contributed by atoms with Gasteiger partial charge in [0, 0.05) is 23.3 Å². The second-order valence-corrected chi connectivity index (χ2v) is 10.0. The summed E-state index contributed by atoms with van der Waals surface area (Å²) in [4.78, 5) is 34.4. The molecule has 0 saturated heterocycles. The standard InChI is InChI=1S/C30H27Cl2N5O4/c1-4-36(26-7-5-6-14-33-26)29(38)27-23-18-35(30(39)41-3)17-20(15-19-8-11-22(40-2)12-9-19)28(23)37(34-27)25-13-10-21(31)16-24(25)32/h5-16H,4,17-18H2,1-3H3. The Labute approximate surface area is 247 Å². The molecule has 0 atom stereocenters. The number of nitrogens with zero attached hydrogens (tertiary/aromatic N) is 5. The number of pyridine rings is 1. The van der Waals surface area contributed by atoms with Gasteiger partial charge >= 0.3 is 6.09 Å². The van der Waals surface area contributed by atoms with E-state index in [2.05, 4.69) is 4.98 Å². The Hall–Kier alpha value is -4.34. The van der Waals surface area contributed by atoms with Crippen LogP contribution >= 0.6 is 23.2 Å². The Bertz CT molecular complexity index is 1620. The van der Waals surface area contributed by atoms with E-state index in [9.17, 15) is 9.59 Å². The lowest BCUT2D eigenvalue weighted by Gasteiger charge is -2.29. The van der Waals surface area contributed by atoms with Crippen molar-refractivity contribution in [3.63, 3.8) is 0 Å². The minimum absolute atomic E-state index is 0.105. The van der Waals surface area contributed by atoms with Crippen molar-refractivity contribution in [1.29, 1.82) is 0 Å². The molecule has 0 radical (unpaired) electrons. The maximum absolute atomic E-state index is 14.1. The monoisotopic (exact) mass is 591 g/mol. The molecule has 0 spiro atoms. The second kappa shape index (κ2) is 12.0. The van der Waals surface area contributed by atoms with Crippen LogP contribution in [0, 0.1) is 0 Å². The van der Waals surface area contributed by atoms with Crippen molar-refractivity contribution in [2.24, 2.45) is 0 Å². The maximum Gasteiger partial charge on any atom is 0.410 e. The van der Waals surface area contributed by atoms with Crippen LogP contribution in [-0.4, -0.2) is 59.0 Å². The van der Waals surface area contributed by atoms with E-state index >= 15 is 0 Å². The van der Waals surface area contributed by atoms with Gasteiger partial charge in [-0.15, -0.1) is 0 Å². The van der Waals surface area contributed by atoms with Gasteiger partial charge in [-0.05, 0) is 66.6 Å². The van der Waals surface area contributed by atoms with E-state index in [0.717, 1.165) is 11.1 Å². The number of methoxy groups -OCH3 is 2. The molecule has 9 nitrogen and oxygen atoms in total. The van der Waals surface area contributed by atoms with Crippen molar-refractivity contribution < 1.29 is 19.1 Å². The summed E-state index contributed by atoms with van der Waals surface area (Å²) >= 11 is 12.9. The lowest BCUT2D eigenvalue weighted by atomic mass is 9.97. The van der Waals surface area contributed by atoms with Crippen molar-refractivity contribution >= 4 is 52.7 Å². The SMILES string of the molecule is CCN(C(=O)c1nn(-c2ccc(Cl)cc2Cl)c2c1CN(C(=O)OC)CC2=Cc1ccc(OC)cc1)c1ccccn1. The Balaban J connectivity index is 1.75. The van der Waals surface area contributed by atoms with Crippen LogP contribution in [0.5, 0.6) is 5.75 Å². The fourth-order valence-electron chi connectivity index (χ4n) is 4.78. The van der Waals surface area contributed by atoms with Crippen LogP contribution in [0.1, 0.15) is 34.2 Å². The van der Waals surface area contributed by atoms with Crippen molar-refractivity contribution in [1.82, 2.24) is 19.7 Å². The molecule has 210 valence electrons. The number of hydrogen-bond acceptors (Lipinski definition) is 6. The highest BCUT2D eigenvalue weighted by molar-refractivity contribution is 6.35. The highest BCUT2D eigenvalue weighted by atomic mass is 35.5. The van der Waals surface area contributed by atoms with E-state index in [4.69, 9.17) is 37.8 Å². The summed E-state index contributed by atoms with van der Waals surface area (Å²) in [6.07, 6.45) is 3.05.